The van der Waals surface area contributed by atoms with Crippen molar-refractivity contribution in [3.8, 4) is 5.75 Å². The Labute approximate surface area is 91.2 Å². The summed E-state index contributed by atoms with van der Waals surface area (Å²) < 4.78 is 10.7. The second-order valence-corrected chi connectivity index (χ2v) is 3.57. The maximum atomic E-state index is 5.68. The molecule has 0 spiro atoms. The average molecular weight is 209 g/mol. The van der Waals surface area contributed by atoms with E-state index in [1.807, 2.05) is 25.1 Å². The molecule has 3 heteroatoms. The maximum Gasteiger partial charge on any atom is 0.120 e. The first kappa shape index (κ1) is 12.0. The molecule has 0 radical (unpaired) electrons. The number of hydrogen-bond acceptors (Lipinski definition) is 3. The predicted octanol–water partition coefficient (Wildman–Crippen LogP) is 1.60. The van der Waals surface area contributed by atoms with Gasteiger partial charge in [-0.25, -0.2) is 0 Å². The molecular weight excluding hydrogens is 190 g/mol. The summed E-state index contributed by atoms with van der Waals surface area (Å²) in [5, 5.41) is 0. The lowest BCUT2D eigenvalue weighted by molar-refractivity contribution is 0.0920. The first-order valence-corrected chi connectivity index (χ1v) is 5.21. The Morgan fingerprint density at radius 1 is 1.40 bits per heavy atom. The van der Waals surface area contributed by atoms with Gasteiger partial charge in [0.1, 0.15) is 11.9 Å². The van der Waals surface area contributed by atoms with Crippen molar-refractivity contribution >= 4 is 0 Å². The third-order valence-corrected chi connectivity index (χ3v) is 2.07. The lowest BCUT2D eigenvalue weighted by atomic mass is 10.1. The Hall–Kier alpha value is -1.06. The third kappa shape index (κ3) is 4.32. The number of ether oxygens (including phenoxy) is 2. The lowest BCUT2D eigenvalue weighted by Gasteiger charge is -2.14. The molecule has 0 aromatic heterocycles. The Morgan fingerprint density at radius 3 is 2.87 bits per heavy atom. The first-order chi connectivity index (χ1) is 7.26. The van der Waals surface area contributed by atoms with Crippen LogP contribution in [0, 0.1) is 0 Å². The lowest BCUT2D eigenvalue weighted by Crippen LogP contribution is -2.18. The van der Waals surface area contributed by atoms with E-state index in [0.717, 1.165) is 12.2 Å². The molecule has 84 valence electrons. The fraction of sp³-hybridized carbons (Fsp3) is 0.500. The van der Waals surface area contributed by atoms with Crippen molar-refractivity contribution in [2.24, 2.45) is 5.73 Å². The summed E-state index contributed by atoms with van der Waals surface area (Å²) in [5.41, 5.74) is 6.71. The molecular formula is C12H19NO2. The minimum absolute atomic E-state index is 0.0723. The molecule has 1 atom stereocenters. The predicted molar refractivity (Wildman–Crippen MR) is 61.2 cm³/mol. The molecule has 1 aromatic carbocycles. The highest BCUT2D eigenvalue weighted by atomic mass is 16.5. The van der Waals surface area contributed by atoms with Crippen molar-refractivity contribution in [3.05, 3.63) is 29.8 Å². The van der Waals surface area contributed by atoms with Crippen LogP contribution in [-0.4, -0.2) is 26.4 Å². The van der Waals surface area contributed by atoms with E-state index in [9.17, 15) is 0 Å². The van der Waals surface area contributed by atoms with Crippen molar-refractivity contribution in [1.82, 2.24) is 0 Å². The van der Waals surface area contributed by atoms with Gasteiger partial charge in [-0.05, 0) is 37.6 Å². The standard InChI is InChI=1S/C12H19NO2/c1-10(9-14-2)15-12-5-3-4-11(8-12)6-7-13/h3-5,8,10H,6-7,9,13H2,1-2H3. The maximum absolute atomic E-state index is 5.68. The van der Waals surface area contributed by atoms with Crippen LogP contribution in [0.4, 0.5) is 0 Å². The van der Waals surface area contributed by atoms with Gasteiger partial charge in [0.05, 0.1) is 6.61 Å². The molecule has 0 amide bonds. The topological polar surface area (TPSA) is 44.5 Å². The van der Waals surface area contributed by atoms with E-state index in [1.165, 1.54) is 5.56 Å². The zero-order chi connectivity index (χ0) is 11.1. The van der Waals surface area contributed by atoms with Gasteiger partial charge in [-0.1, -0.05) is 12.1 Å². The molecule has 0 saturated carbocycles. The van der Waals surface area contributed by atoms with E-state index in [0.29, 0.717) is 13.2 Å². The van der Waals surface area contributed by atoms with Crippen LogP contribution in [0.25, 0.3) is 0 Å². The second kappa shape index (κ2) is 6.43. The summed E-state index contributed by atoms with van der Waals surface area (Å²) in [7, 11) is 1.67. The normalized spacial score (nSPS) is 12.5. The van der Waals surface area contributed by atoms with Crippen LogP contribution in [0.1, 0.15) is 12.5 Å². The Balaban J connectivity index is 2.56. The Bertz CT molecular complexity index is 289. The summed E-state index contributed by atoms with van der Waals surface area (Å²) in [6, 6.07) is 8.02. The van der Waals surface area contributed by atoms with Crippen molar-refractivity contribution in [3.63, 3.8) is 0 Å². The zero-order valence-corrected chi connectivity index (χ0v) is 9.40. The molecule has 0 heterocycles. The molecule has 1 unspecified atom stereocenters. The molecule has 2 N–H and O–H groups in total. The Morgan fingerprint density at radius 2 is 2.20 bits per heavy atom. The zero-order valence-electron chi connectivity index (χ0n) is 9.40. The van der Waals surface area contributed by atoms with Gasteiger partial charge in [0.2, 0.25) is 0 Å². The van der Waals surface area contributed by atoms with Crippen LogP contribution < -0.4 is 10.5 Å². The van der Waals surface area contributed by atoms with Gasteiger partial charge in [0.25, 0.3) is 0 Å². The van der Waals surface area contributed by atoms with E-state index in [4.69, 9.17) is 15.2 Å². The monoisotopic (exact) mass is 209 g/mol. The minimum atomic E-state index is 0.0723. The molecule has 0 saturated heterocycles. The molecule has 0 fully saturated rings. The number of hydrogen-bond donors (Lipinski definition) is 1. The van der Waals surface area contributed by atoms with E-state index in [2.05, 4.69) is 6.07 Å². The minimum Gasteiger partial charge on any atom is -0.488 e. The van der Waals surface area contributed by atoms with Crippen molar-refractivity contribution in [2.75, 3.05) is 20.3 Å². The van der Waals surface area contributed by atoms with Crippen LogP contribution in [-0.2, 0) is 11.2 Å². The van der Waals surface area contributed by atoms with E-state index in [1.54, 1.807) is 7.11 Å². The molecule has 0 bridgehead atoms. The molecule has 0 aliphatic carbocycles. The number of nitrogens with two attached hydrogens (primary N) is 1. The van der Waals surface area contributed by atoms with Gasteiger partial charge in [-0.15, -0.1) is 0 Å². The number of rotatable bonds is 6. The summed E-state index contributed by atoms with van der Waals surface area (Å²) in [6.07, 6.45) is 0.957. The van der Waals surface area contributed by atoms with E-state index >= 15 is 0 Å². The van der Waals surface area contributed by atoms with E-state index < -0.39 is 0 Å². The summed E-state index contributed by atoms with van der Waals surface area (Å²) >= 11 is 0. The van der Waals surface area contributed by atoms with Crippen LogP contribution in [0.3, 0.4) is 0 Å². The van der Waals surface area contributed by atoms with Crippen LogP contribution >= 0.6 is 0 Å². The van der Waals surface area contributed by atoms with Gasteiger partial charge in [-0.2, -0.15) is 0 Å². The highest BCUT2D eigenvalue weighted by Gasteiger charge is 2.03. The fourth-order valence-corrected chi connectivity index (χ4v) is 1.44. The van der Waals surface area contributed by atoms with Gasteiger partial charge in [-0.3, -0.25) is 0 Å². The van der Waals surface area contributed by atoms with Crippen LogP contribution in [0.2, 0.25) is 0 Å². The summed E-state index contributed by atoms with van der Waals surface area (Å²) in [6.45, 7) is 3.25. The summed E-state index contributed by atoms with van der Waals surface area (Å²) in [4.78, 5) is 0. The van der Waals surface area contributed by atoms with Gasteiger partial charge in [0, 0.05) is 7.11 Å². The summed E-state index contributed by atoms with van der Waals surface area (Å²) in [5.74, 6) is 0.880. The largest absolute Gasteiger partial charge is 0.488 e. The second-order valence-electron chi connectivity index (χ2n) is 3.57. The highest BCUT2D eigenvalue weighted by Crippen LogP contribution is 2.15. The molecule has 1 rings (SSSR count). The van der Waals surface area contributed by atoms with Crippen molar-refractivity contribution in [1.29, 1.82) is 0 Å². The molecule has 0 aliphatic rings. The SMILES string of the molecule is COCC(C)Oc1cccc(CCN)c1. The van der Waals surface area contributed by atoms with Gasteiger partial charge >= 0.3 is 0 Å². The smallest absolute Gasteiger partial charge is 0.120 e. The molecule has 1 aromatic rings. The Kier molecular flexibility index (Phi) is 5.15. The van der Waals surface area contributed by atoms with Crippen molar-refractivity contribution in [2.45, 2.75) is 19.4 Å². The van der Waals surface area contributed by atoms with Crippen LogP contribution in [0.5, 0.6) is 5.75 Å². The number of benzene rings is 1. The van der Waals surface area contributed by atoms with E-state index in [-0.39, 0.29) is 6.10 Å². The first-order valence-electron chi connectivity index (χ1n) is 5.21. The average Bonchev–Trinajstić information content (AvgIpc) is 2.19. The highest BCUT2D eigenvalue weighted by molar-refractivity contribution is 5.28. The van der Waals surface area contributed by atoms with Crippen LogP contribution in [0.15, 0.2) is 24.3 Å². The fourth-order valence-electron chi connectivity index (χ4n) is 1.44. The quantitative estimate of drug-likeness (QED) is 0.774. The van der Waals surface area contributed by atoms with Gasteiger partial charge < -0.3 is 15.2 Å². The van der Waals surface area contributed by atoms with Crippen molar-refractivity contribution < 1.29 is 9.47 Å². The van der Waals surface area contributed by atoms with Gasteiger partial charge in [0.15, 0.2) is 0 Å². The third-order valence-electron chi connectivity index (χ3n) is 2.07. The molecule has 3 nitrogen and oxygen atoms in total. The number of methoxy groups -OCH3 is 1. The molecule has 0 aliphatic heterocycles. The molecule has 15 heavy (non-hydrogen) atoms.